The van der Waals surface area contributed by atoms with Gasteiger partial charge in [0.1, 0.15) is 5.01 Å². The Labute approximate surface area is 128 Å². The number of nitrogens with zero attached hydrogens (tertiary/aromatic N) is 1. The molecule has 0 aliphatic carbocycles. The molecular formula is C16H30N2OS. The van der Waals surface area contributed by atoms with Gasteiger partial charge in [-0.05, 0) is 19.8 Å². The zero-order valence-corrected chi connectivity index (χ0v) is 14.3. The van der Waals surface area contributed by atoms with E-state index in [2.05, 4.69) is 26.1 Å². The summed E-state index contributed by atoms with van der Waals surface area (Å²) in [6.07, 6.45) is 7.44. The van der Waals surface area contributed by atoms with Crippen molar-refractivity contribution in [3.63, 3.8) is 0 Å². The van der Waals surface area contributed by atoms with Crippen LogP contribution in [0.15, 0.2) is 0 Å². The highest BCUT2D eigenvalue weighted by atomic mass is 32.1. The first-order valence-electron chi connectivity index (χ1n) is 7.91. The first-order valence-corrected chi connectivity index (χ1v) is 8.73. The van der Waals surface area contributed by atoms with Crippen molar-refractivity contribution in [2.24, 2.45) is 0 Å². The van der Waals surface area contributed by atoms with Gasteiger partial charge in [-0.1, -0.05) is 39.5 Å². The molecule has 1 aromatic heterocycles. The molecular weight excluding hydrogens is 268 g/mol. The molecule has 3 nitrogen and oxygen atoms in total. The van der Waals surface area contributed by atoms with E-state index in [4.69, 9.17) is 9.72 Å². The summed E-state index contributed by atoms with van der Waals surface area (Å²) in [6, 6.07) is 0.394. The molecule has 0 fully saturated rings. The van der Waals surface area contributed by atoms with Gasteiger partial charge in [0.05, 0.1) is 18.3 Å². The summed E-state index contributed by atoms with van der Waals surface area (Å²) in [7, 11) is 1.75. The van der Waals surface area contributed by atoms with Gasteiger partial charge < -0.3 is 10.1 Å². The van der Waals surface area contributed by atoms with E-state index in [-0.39, 0.29) is 0 Å². The van der Waals surface area contributed by atoms with Crippen molar-refractivity contribution < 1.29 is 4.74 Å². The molecule has 1 N–H and O–H groups in total. The van der Waals surface area contributed by atoms with Crippen LogP contribution in [0.5, 0.6) is 0 Å². The molecule has 1 atom stereocenters. The molecule has 0 bridgehead atoms. The summed E-state index contributed by atoms with van der Waals surface area (Å²) in [5, 5.41) is 4.86. The van der Waals surface area contributed by atoms with Gasteiger partial charge in [-0.2, -0.15) is 0 Å². The predicted octanol–water partition coefficient (Wildman–Crippen LogP) is 4.26. The van der Waals surface area contributed by atoms with Gasteiger partial charge >= 0.3 is 0 Å². The quantitative estimate of drug-likeness (QED) is 0.620. The van der Waals surface area contributed by atoms with Crippen LogP contribution in [-0.4, -0.2) is 25.2 Å². The summed E-state index contributed by atoms with van der Waals surface area (Å²) in [5.41, 5.74) is 1.26. The zero-order valence-electron chi connectivity index (χ0n) is 13.5. The van der Waals surface area contributed by atoms with Gasteiger partial charge in [-0.3, -0.25) is 0 Å². The van der Waals surface area contributed by atoms with Crippen LogP contribution in [0.1, 0.15) is 67.6 Å². The van der Waals surface area contributed by atoms with E-state index in [1.165, 1.54) is 47.7 Å². The van der Waals surface area contributed by atoms with Crippen molar-refractivity contribution in [2.45, 2.75) is 65.3 Å². The molecule has 0 aliphatic rings. The van der Waals surface area contributed by atoms with Gasteiger partial charge in [0, 0.05) is 18.5 Å². The highest BCUT2D eigenvalue weighted by molar-refractivity contribution is 7.11. The number of aryl methyl sites for hydroxylation is 2. The van der Waals surface area contributed by atoms with Crippen molar-refractivity contribution in [3.05, 3.63) is 15.6 Å². The van der Waals surface area contributed by atoms with Crippen LogP contribution in [0, 0.1) is 6.92 Å². The molecule has 1 heterocycles. The van der Waals surface area contributed by atoms with Gasteiger partial charge in [0.25, 0.3) is 0 Å². The standard InChI is InChI=1S/C16H30N2OS/c1-5-7-8-9-10-15(17-11-12-19-4)16-18-14(6-2)13(3)20-16/h15,17H,5-12H2,1-4H3. The van der Waals surface area contributed by atoms with E-state index >= 15 is 0 Å². The minimum absolute atomic E-state index is 0.394. The number of methoxy groups -OCH3 is 1. The topological polar surface area (TPSA) is 34.1 Å². The lowest BCUT2D eigenvalue weighted by atomic mass is 10.1. The van der Waals surface area contributed by atoms with Crippen molar-refractivity contribution in [2.75, 3.05) is 20.3 Å². The third-order valence-corrected chi connectivity index (χ3v) is 4.71. The summed E-state index contributed by atoms with van der Waals surface area (Å²) >= 11 is 1.85. The summed E-state index contributed by atoms with van der Waals surface area (Å²) in [6.45, 7) is 8.28. The average molecular weight is 298 g/mol. The van der Waals surface area contributed by atoms with Crippen molar-refractivity contribution in [3.8, 4) is 0 Å². The second-order valence-electron chi connectivity index (χ2n) is 5.26. The minimum atomic E-state index is 0.394. The van der Waals surface area contributed by atoms with Crippen LogP contribution in [0.3, 0.4) is 0 Å². The number of nitrogens with one attached hydrogen (secondary N) is 1. The second kappa shape index (κ2) is 10.3. The predicted molar refractivity (Wildman–Crippen MR) is 87.6 cm³/mol. The summed E-state index contributed by atoms with van der Waals surface area (Å²) in [4.78, 5) is 6.19. The molecule has 20 heavy (non-hydrogen) atoms. The number of thiazole rings is 1. The monoisotopic (exact) mass is 298 g/mol. The Bertz CT molecular complexity index is 365. The highest BCUT2D eigenvalue weighted by Gasteiger charge is 2.16. The maximum atomic E-state index is 5.14. The van der Waals surface area contributed by atoms with Crippen LogP contribution in [0.2, 0.25) is 0 Å². The highest BCUT2D eigenvalue weighted by Crippen LogP contribution is 2.27. The molecule has 0 radical (unpaired) electrons. The van der Waals surface area contributed by atoms with Crippen LogP contribution in [-0.2, 0) is 11.2 Å². The summed E-state index contributed by atoms with van der Waals surface area (Å²) < 4.78 is 5.14. The van der Waals surface area contributed by atoms with Crippen molar-refractivity contribution >= 4 is 11.3 Å². The van der Waals surface area contributed by atoms with Crippen molar-refractivity contribution in [1.82, 2.24) is 10.3 Å². The first-order chi connectivity index (χ1) is 9.72. The first kappa shape index (κ1) is 17.6. The average Bonchev–Trinajstić information content (AvgIpc) is 2.82. The Morgan fingerprint density at radius 2 is 2.05 bits per heavy atom. The lowest BCUT2D eigenvalue weighted by molar-refractivity contribution is 0.194. The van der Waals surface area contributed by atoms with E-state index < -0.39 is 0 Å². The van der Waals surface area contributed by atoms with Gasteiger partial charge in [0.2, 0.25) is 0 Å². The largest absolute Gasteiger partial charge is 0.383 e. The smallest absolute Gasteiger partial charge is 0.110 e. The molecule has 0 saturated carbocycles. The molecule has 0 aromatic carbocycles. The summed E-state index contributed by atoms with van der Waals surface area (Å²) in [5.74, 6) is 0. The maximum Gasteiger partial charge on any atom is 0.110 e. The van der Waals surface area contributed by atoms with E-state index in [0.717, 1.165) is 19.6 Å². The second-order valence-corrected chi connectivity index (χ2v) is 6.49. The Hall–Kier alpha value is -0.450. The SMILES string of the molecule is CCCCCCC(NCCOC)c1nc(CC)c(C)s1. The van der Waals surface area contributed by atoms with E-state index in [0.29, 0.717) is 6.04 Å². The lowest BCUT2D eigenvalue weighted by Crippen LogP contribution is -2.25. The number of hydrogen-bond donors (Lipinski definition) is 1. The molecule has 1 unspecified atom stereocenters. The zero-order chi connectivity index (χ0) is 14.8. The van der Waals surface area contributed by atoms with Crippen LogP contribution >= 0.6 is 11.3 Å². The van der Waals surface area contributed by atoms with Crippen LogP contribution < -0.4 is 5.32 Å². The Balaban J connectivity index is 2.59. The number of hydrogen-bond acceptors (Lipinski definition) is 4. The van der Waals surface area contributed by atoms with Gasteiger partial charge in [-0.25, -0.2) is 4.98 Å². The number of ether oxygens (including phenoxy) is 1. The molecule has 0 spiro atoms. The molecule has 0 saturated heterocycles. The molecule has 0 aliphatic heterocycles. The number of aromatic nitrogens is 1. The van der Waals surface area contributed by atoms with Crippen molar-refractivity contribution in [1.29, 1.82) is 0 Å². The molecule has 1 aromatic rings. The third-order valence-electron chi connectivity index (χ3n) is 3.59. The van der Waals surface area contributed by atoms with E-state index in [1.54, 1.807) is 7.11 Å². The van der Waals surface area contributed by atoms with E-state index in [1.807, 2.05) is 11.3 Å². The van der Waals surface area contributed by atoms with Gasteiger partial charge in [0.15, 0.2) is 0 Å². The Morgan fingerprint density at radius 1 is 1.25 bits per heavy atom. The third kappa shape index (κ3) is 5.90. The maximum absolute atomic E-state index is 5.14. The Morgan fingerprint density at radius 3 is 2.65 bits per heavy atom. The van der Waals surface area contributed by atoms with Gasteiger partial charge in [-0.15, -0.1) is 11.3 Å². The number of rotatable bonds is 11. The lowest BCUT2D eigenvalue weighted by Gasteiger charge is -2.16. The number of unbranched alkanes of at least 4 members (excludes halogenated alkanes) is 3. The molecule has 116 valence electrons. The van der Waals surface area contributed by atoms with Crippen LogP contribution in [0.25, 0.3) is 0 Å². The Kier molecular flexibility index (Phi) is 9.07. The fourth-order valence-corrected chi connectivity index (χ4v) is 3.47. The molecule has 0 amide bonds. The minimum Gasteiger partial charge on any atom is -0.383 e. The van der Waals surface area contributed by atoms with Crippen LogP contribution in [0.4, 0.5) is 0 Å². The fourth-order valence-electron chi connectivity index (χ4n) is 2.35. The molecule has 1 rings (SSSR count). The normalized spacial score (nSPS) is 12.8. The van der Waals surface area contributed by atoms with E-state index in [9.17, 15) is 0 Å². The fraction of sp³-hybridized carbons (Fsp3) is 0.812. The molecule has 4 heteroatoms.